The average molecular weight is 477 g/mol. The molecule has 6 heteroatoms. The minimum atomic E-state index is -3.49. The van der Waals surface area contributed by atoms with Gasteiger partial charge >= 0.3 is 7.60 Å². The van der Waals surface area contributed by atoms with E-state index in [4.69, 9.17) is 9.05 Å². The van der Waals surface area contributed by atoms with E-state index in [-0.39, 0.29) is 29.5 Å². The Kier molecular flexibility index (Phi) is 10.4. The Morgan fingerprint density at radius 1 is 1.24 bits per heavy atom. The summed E-state index contributed by atoms with van der Waals surface area (Å²) in [6.45, 7) is 12.0. The number of hydrogen-bond acceptors (Lipinski definition) is 5. The van der Waals surface area contributed by atoms with Crippen molar-refractivity contribution in [2.75, 3.05) is 13.3 Å². The van der Waals surface area contributed by atoms with Crippen LogP contribution < -0.4 is 4.52 Å². The fraction of sp³-hybridized carbons (Fsp3) is 0.593. The predicted molar refractivity (Wildman–Crippen MR) is 135 cm³/mol. The number of rotatable bonds is 13. The van der Waals surface area contributed by atoms with Gasteiger partial charge in [0.2, 0.25) is 0 Å². The Morgan fingerprint density at radius 3 is 2.58 bits per heavy atom. The molecule has 0 radical (unpaired) electrons. The number of carbonyl (C=O) groups excluding carboxylic acids is 1. The molecule has 3 unspecified atom stereocenters. The summed E-state index contributed by atoms with van der Waals surface area (Å²) >= 11 is 0. The quantitative estimate of drug-likeness (QED) is 0.179. The van der Waals surface area contributed by atoms with E-state index in [1.54, 1.807) is 0 Å². The third kappa shape index (κ3) is 7.86. The molecule has 184 valence electrons. The van der Waals surface area contributed by atoms with Crippen LogP contribution in [-0.2, 0) is 20.3 Å². The maximum Gasteiger partial charge on any atom is 0.378 e. The molecule has 0 fully saturated rings. The van der Waals surface area contributed by atoms with Gasteiger partial charge in [0, 0.05) is 25.0 Å². The number of hydrogen-bond donors (Lipinski definition) is 1. The van der Waals surface area contributed by atoms with Gasteiger partial charge in [0.05, 0.1) is 6.16 Å². The third-order valence-electron chi connectivity index (χ3n) is 6.44. The molecule has 0 heterocycles. The molecular formula is C27H41O5P. The van der Waals surface area contributed by atoms with Gasteiger partial charge in [0.25, 0.3) is 0 Å². The van der Waals surface area contributed by atoms with E-state index in [0.29, 0.717) is 24.2 Å². The number of carbonyl (C=O) groups is 1. The van der Waals surface area contributed by atoms with Gasteiger partial charge in [-0.1, -0.05) is 43.6 Å². The van der Waals surface area contributed by atoms with E-state index in [1.165, 1.54) is 19.6 Å². The van der Waals surface area contributed by atoms with Crippen molar-refractivity contribution in [3.8, 4) is 11.5 Å². The number of allylic oxidation sites excluding steroid dienone is 3. The van der Waals surface area contributed by atoms with E-state index in [0.717, 1.165) is 49.7 Å². The summed E-state index contributed by atoms with van der Waals surface area (Å²) in [6.07, 6.45) is 9.03. The molecule has 0 saturated heterocycles. The molecule has 0 aromatic heterocycles. The van der Waals surface area contributed by atoms with Crippen LogP contribution in [0.4, 0.5) is 0 Å². The smallest absolute Gasteiger partial charge is 0.378 e. The van der Waals surface area contributed by atoms with E-state index < -0.39 is 7.60 Å². The summed E-state index contributed by atoms with van der Waals surface area (Å²) in [5.74, 6) is 0.663. The summed E-state index contributed by atoms with van der Waals surface area (Å²) < 4.78 is 24.9. The average Bonchev–Trinajstić information content (AvgIpc) is 2.73. The van der Waals surface area contributed by atoms with Crippen LogP contribution in [0.25, 0.3) is 0 Å². The Labute approximate surface area is 199 Å². The van der Waals surface area contributed by atoms with E-state index in [2.05, 4.69) is 26.5 Å². The summed E-state index contributed by atoms with van der Waals surface area (Å²) in [4.78, 5) is 11.4. The first-order chi connectivity index (χ1) is 15.6. The number of Topliss-reactive ketones (excluding diaryl/α,β-unsaturated/α-hetero) is 1. The first kappa shape index (κ1) is 27.4. The highest BCUT2D eigenvalue weighted by Crippen LogP contribution is 2.54. The van der Waals surface area contributed by atoms with Crippen molar-refractivity contribution >= 4 is 13.4 Å². The molecule has 1 N–H and O–H groups in total. The largest absolute Gasteiger partial charge is 0.507 e. The molecular weight excluding hydrogens is 435 g/mol. The standard InChI is InChI=1S/C27H41O5P/c1-7-8-9-12-22-17-25(29)27(24-16-20(4)13-14-23(24)19(2)3)26(18-22)32-33(30,31-6)15-10-11-21(5)28/h16-18,23-24,29H,2,7-15H2,1,3-6H3. The molecule has 3 atom stereocenters. The zero-order valence-corrected chi connectivity index (χ0v) is 21.9. The lowest BCUT2D eigenvalue weighted by atomic mass is 9.73. The van der Waals surface area contributed by atoms with Crippen LogP contribution in [0.2, 0.25) is 0 Å². The molecule has 1 aliphatic rings. The van der Waals surface area contributed by atoms with Crippen LogP contribution in [0.15, 0.2) is 35.9 Å². The molecule has 1 aliphatic carbocycles. The summed E-state index contributed by atoms with van der Waals surface area (Å²) in [7, 11) is -2.12. The second kappa shape index (κ2) is 12.6. The highest BCUT2D eigenvalue weighted by Gasteiger charge is 2.33. The molecule has 2 rings (SSSR count). The lowest BCUT2D eigenvalue weighted by molar-refractivity contribution is -0.117. The highest BCUT2D eigenvalue weighted by molar-refractivity contribution is 7.54. The molecule has 0 aliphatic heterocycles. The lowest BCUT2D eigenvalue weighted by Gasteiger charge is -2.32. The fourth-order valence-electron chi connectivity index (χ4n) is 4.55. The lowest BCUT2D eigenvalue weighted by Crippen LogP contribution is -2.18. The number of unbranched alkanes of at least 4 members (excludes halogenated alkanes) is 2. The first-order valence-corrected chi connectivity index (χ1v) is 13.8. The van der Waals surface area contributed by atoms with Gasteiger partial charge < -0.3 is 18.9 Å². The Bertz CT molecular complexity index is 917. The van der Waals surface area contributed by atoms with Crippen molar-refractivity contribution in [1.29, 1.82) is 0 Å². The van der Waals surface area contributed by atoms with Gasteiger partial charge in [-0.2, -0.15) is 0 Å². The minimum Gasteiger partial charge on any atom is -0.507 e. The maximum absolute atomic E-state index is 13.5. The molecule has 1 aromatic carbocycles. The molecule has 0 amide bonds. The first-order valence-electron chi connectivity index (χ1n) is 12.1. The van der Waals surface area contributed by atoms with Crippen molar-refractivity contribution in [2.24, 2.45) is 5.92 Å². The van der Waals surface area contributed by atoms with Gasteiger partial charge in [-0.05, 0) is 76.5 Å². The number of phenols is 1. The van der Waals surface area contributed by atoms with E-state index in [9.17, 15) is 14.5 Å². The predicted octanol–water partition coefficient (Wildman–Crippen LogP) is 7.73. The van der Waals surface area contributed by atoms with Crippen LogP contribution in [-0.4, -0.2) is 24.2 Å². The van der Waals surface area contributed by atoms with Gasteiger partial charge in [0.1, 0.15) is 17.3 Å². The van der Waals surface area contributed by atoms with Gasteiger partial charge in [-0.15, -0.1) is 0 Å². The fourth-order valence-corrected chi connectivity index (χ4v) is 5.90. The number of aromatic hydroxyl groups is 1. The van der Waals surface area contributed by atoms with Crippen molar-refractivity contribution in [3.63, 3.8) is 0 Å². The Hall–Kier alpha value is -1.84. The van der Waals surface area contributed by atoms with Gasteiger partial charge in [-0.3, -0.25) is 0 Å². The number of aryl methyl sites for hydroxylation is 1. The van der Waals surface area contributed by atoms with Crippen LogP contribution in [0, 0.1) is 5.92 Å². The normalized spacial score (nSPS) is 20.1. The zero-order chi connectivity index (χ0) is 24.6. The van der Waals surface area contributed by atoms with Crippen molar-refractivity contribution in [1.82, 2.24) is 0 Å². The van der Waals surface area contributed by atoms with Crippen LogP contribution >= 0.6 is 7.60 Å². The number of benzene rings is 1. The summed E-state index contributed by atoms with van der Waals surface area (Å²) in [5, 5.41) is 11.2. The summed E-state index contributed by atoms with van der Waals surface area (Å²) in [5.41, 5.74) is 3.91. The minimum absolute atomic E-state index is 0.0426. The van der Waals surface area contributed by atoms with Crippen molar-refractivity contribution in [2.45, 2.75) is 85.0 Å². The zero-order valence-electron chi connectivity index (χ0n) is 21.0. The van der Waals surface area contributed by atoms with Crippen LogP contribution in [0.1, 0.15) is 89.7 Å². The number of ketones is 1. The highest BCUT2D eigenvalue weighted by atomic mass is 31.2. The molecule has 0 saturated carbocycles. The van der Waals surface area contributed by atoms with Crippen LogP contribution in [0.3, 0.4) is 0 Å². The molecule has 1 aromatic rings. The third-order valence-corrected chi connectivity index (χ3v) is 8.33. The van der Waals surface area contributed by atoms with Crippen LogP contribution in [0.5, 0.6) is 11.5 Å². The topological polar surface area (TPSA) is 72.8 Å². The number of phenolic OH excluding ortho intramolecular Hbond substituents is 1. The maximum atomic E-state index is 13.5. The Balaban J connectivity index is 2.51. The monoisotopic (exact) mass is 476 g/mol. The van der Waals surface area contributed by atoms with Gasteiger partial charge in [-0.25, -0.2) is 4.57 Å². The van der Waals surface area contributed by atoms with E-state index >= 15 is 0 Å². The molecule has 33 heavy (non-hydrogen) atoms. The second-order valence-electron chi connectivity index (χ2n) is 9.43. The summed E-state index contributed by atoms with van der Waals surface area (Å²) in [6, 6.07) is 3.73. The van der Waals surface area contributed by atoms with E-state index in [1.807, 2.05) is 19.1 Å². The molecule has 0 spiro atoms. The SMILES string of the molecule is C=C(C)C1CCC(C)=CC1c1c(O)cc(CCCCC)cc1OP(=O)(CCCC(C)=O)OC. The van der Waals surface area contributed by atoms with Crippen molar-refractivity contribution < 1.29 is 23.5 Å². The van der Waals surface area contributed by atoms with Crippen molar-refractivity contribution in [3.05, 3.63) is 47.1 Å². The molecule has 5 nitrogen and oxygen atoms in total. The second-order valence-corrected chi connectivity index (χ2v) is 11.6. The van der Waals surface area contributed by atoms with Gasteiger partial charge in [0.15, 0.2) is 0 Å². The molecule has 0 bridgehead atoms. The Morgan fingerprint density at radius 2 is 1.97 bits per heavy atom.